The number of rotatable bonds is 8. The highest BCUT2D eigenvalue weighted by molar-refractivity contribution is 5.46. The molecule has 0 spiro atoms. The summed E-state index contributed by atoms with van der Waals surface area (Å²) in [4.78, 5) is 2.20. The Morgan fingerprint density at radius 2 is 2.00 bits per heavy atom. The van der Waals surface area contributed by atoms with Crippen molar-refractivity contribution in [2.24, 2.45) is 0 Å². The number of hydrogen-bond acceptors (Lipinski definition) is 2. The van der Waals surface area contributed by atoms with Crippen molar-refractivity contribution >= 4 is 5.69 Å². The summed E-state index contributed by atoms with van der Waals surface area (Å²) in [5.74, 6) is 0. The summed E-state index contributed by atoms with van der Waals surface area (Å²) in [7, 11) is 4.21. The predicted octanol–water partition coefficient (Wildman–Crippen LogP) is 4.13. The first-order chi connectivity index (χ1) is 8.65. The van der Waals surface area contributed by atoms with Gasteiger partial charge in [-0.3, -0.25) is 0 Å². The first-order valence-corrected chi connectivity index (χ1v) is 7.15. The van der Waals surface area contributed by atoms with Crippen molar-refractivity contribution in [2.45, 2.75) is 52.1 Å². The van der Waals surface area contributed by atoms with E-state index in [2.05, 4.69) is 62.4 Å². The lowest BCUT2D eigenvalue weighted by Crippen LogP contribution is -2.18. The smallest absolute Gasteiger partial charge is 0.0345 e. The third-order valence-electron chi connectivity index (χ3n) is 3.20. The van der Waals surface area contributed by atoms with Crippen LogP contribution in [0.3, 0.4) is 0 Å². The Bertz CT molecular complexity index is 334. The van der Waals surface area contributed by atoms with Gasteiger partial charge in [-0.05, 0) is 44.6 Å². The van der Waals surface area contributed by atoms with Gasteiger partial charge in [0.15, 0.2) is 0 Å². The van der Waals surface area contributed by atoms with E-state index in [0.717, 1.165) is 6.54 Å². The Kier molecular flexibility index (Phi) is 6.81. The Hall–Kier alpha value is -1.02. The third kappa shape index (κ3) is 5.54. The van der Waals surface area contributed by atoms with Crippen LogP contribution in [-0.2, 0) is 6.54 Å². The number of nitrogens with one attached hydrogen (secondary N) is 1. The first kappa shape index (κ1) is 15.0. The van der Waals surface area contributed by atoms with Gasteiger partial charge in [0.2, 0.25) is 0 Å². The van der Waals surface area contributed by atoms with Crippen molar-refractivity contribution in [1.82, 2.24) is 4.90 Å². The molecule has 0 heterocycles. The van der Waals surface area contributed by atoms with Crippen molar-refractivity contribution in [2.75, 3.05) is 19.4 Å². The minimum absolute atomic E-state index is 0.611. The van der Waals surface area contributed by atoms with Crippen molar-refractivity contribution < 1.29 is 0 Å². The summed E-state index contributed by atoms with van der Waals surface area (Å²) in [6.45, 7) is 5.52. The summed E-state index contributed by atoms with van der Waals surface area (Å²) in [5.41, 5.74) is 2.63. The minimum atomic E-state index is 0.611. The first-order valence-electron chi connectivity index (χ1n) is 7.15. The van der Waals surface area contributed by atoms with E-state index in [1.54, 1.807) is 0 Å². The molecule has 1 atom stereocenters. The topological polar surface area (TPSA) is 15.3 Å². The second-order valence-electron chi connectivity index (χ2n) is 5.33. The van der Waals surface area contributed by atoms with Crippen LogP contribution < -0.4 is 5.32 Å². The molecule has 1 aromatic rings. The van der Waals surface area contributed by atoms with E-state index in [1.165, 1.54) is 36.9 Å². The Labute approximate surface area is 112 Å². The molecule has 2 nitrogen and oxygen atoms in total. The van der Waals surface area contributed by atoms with Crippen LogP contribution in [0.25, 0.3) is 0 Å². The zero-order valence-corrected chi connectivity index (χ0v) is 12.4. The summed E-state index contributed by atoms with van der Waals surface area (Å²) in [6, 6.07) is 9.40. The molecule has 0 saturated carbocycles. The minimum Gasteiger partial charge on any atom is -0.382 e. The molecule has 0 aliphatic carbocycles. The molecule has 2 heteroatoms. The molecule has 0 saturated heterocycles. The molecule has 0 radical (unpaired) electrons. The SMILES string of the molecule is CCCCC(CC)Nc1cccc(CN(C)C)c1. The van der Waals surface area contributed by atoms with Crippen LogP contribution in [0.15, 0.2) is 24.3 Å². The molecule has 1 rings (SSSR count). The van der Waals surface area contributed by atoms with Gasteiger partial charge in [-0.1, -0.05) is 38.8 Å². The second-order valence-corrected chi connectivity index (χ2v) is 5.33. The van der Waals surface area contributed by atoms with E-state index < -0.39 is 0 Å². The Morgan fingerprint density at radius 3 is 2.61 bits per heavy atom. The van der Waals surface area contributed by atoms with E-state index >= 15 is 0 Å². The molecule has 0 aliphatic heterocycles. The van der Waals surface area contributed by atoms with Gasteiger partial charge in [0.25, 0.3) is 0 Å². The molecular weight excluding hydrogens is 220 g/mol. The third-order valence-corrected chi connectivity index (χ3v) is 3.20. The van der Waals surface area contributed by atoms with Crippen LogP contribution in [0.2, 0.25) is 0 Å². The second kappa shape index (κ2) is 8.15. The van der Waals surface area contributed by atoms with E-state index in [9.17, 15) is 0 Å². The fraction of sp³-hybridized carbons (Fsp3) is 0.625. The number of anilines is 1. The molecule has 1 unspecified atom stereocenters. The van der Waals surface area contributed by atoms with E-state index in [1.807, 2.05) is 0 Å². The molecule has 102 valence electrons. The van der Waals surface area contributed by atoms with Gasteiger partial charge in [-0.2, -0.15) is 0 Å². The van der Waals surface area contributed by atoms with Gasteiger partial charge >= 0.3 is 0 Å². The highest BCUT2D eigenvalue weighted by Gasteiger charge is 2.05. The number of nitrogens with zero attached hydrogens (tertiary/aromatic N) is 1. The summed E-state index contributed by atoms with van der Waals surface area (Å²) < 4.78 is 0. The van der Waals surface area contributed by atoms with Gasteiger partial charge in [-0.15, -0.1) is 0 Å². The van der Waals surface area contributed by atoms with Gasteiger partial charge < -0.3 is 10.2 Å². The van der Waals surface area contributed by atoms with E-state index in [4.69, 9.17) is 0 Å². The van der Waals surface area contributed by atoms with Crippen molar-refractivity contribution in [3.05, 3.63) is 29.8 Å². The zero-order valence-electron chi connectivity index (χ0n) is 12.4. The number of benzene rings is 1. The van der Waals surface area contributed by atoms with E-state index in [0.29, 0.717) is 6.04 Å². The fourth-order valence-corrected chi connectivity index (χ4v) is 2.19. The molecule has 0 bridgehead atoms. The Morgan fingerprint density at radius 1 is 1.22 bits per heavy atom. The Balaban J connectivity index is 2.59. The maximum absolute atomic E-state index is 3.66. The molecule has 0 aromatic heterocycles. The standard InChI is InChI=1S/C16H28N2/c1-5-7-10-15(6-2)17-16-11-8-9-14(12-16)13-18(3)4/h8-9,11-12,15,17H,5-7,10,13H2,1-4H3. The zero-order chi connectivity index (χ0) is 13.4. The maximum Gasteiger partial charge on any atom is 0.0345 e. The van der Waals surface area contributed by atoms with Gasteiger partial charge in [0, 0.05) is 18.3 Å². The molecule has 1 N–H and O–H groups in total. The molecule has 0 amide bonds. The van der Waals surface area contributed by atoms with Crippen LogP contribution in [0.5, 0.6) is 0 Å². The normalized spacial score (nSPS) is 12.7. The quantitative estimate of drug-likeness (QED) is 0.744. The monoisotopic (exact) mass is 248 g/mol. The van der Waals surface area contributed by atoms with Crippen molar-refractivity contribution in [3.8, 4) is 0 Å². The van der Waals surface area contributed by atoms with Crippen LogP contribution in [0.1, 0.15) is 45.1 Å². The fourth-order valence-electron chi connectivity index (χ4n) is 2.19. The summed E-state index contributed by atoms with van der Waals surface area (Å²) >= 11 is 0. The maximum atomic E-state index is 3.66. The average molecular weight is 248 g/mol. The summed E-state index contributed by atoms with van der Waals surface area (Å²) in [6.07, 6.45) is 5.05. The van der Waals surface area contributed by atoms with Gasteiger partial charge in [0.1, 0.15) is 0 Å². The number of unbranched alkanes of at least 4 members (excludes halogenated alkanes) is 1. The van der Waals surface area contributed by atoms with Crippen LogP contribution in [0, 0.1) is 0 Å². The molecule has 1 aromatic carbocycles. The molecular formula is C16H28N2. The largest absolute Gasteiger partial charge is 0.382 e. The molecule has 0 aliphatic rings. The molecule has 18 heavy (non-hydrogen) atoms. The lowest BCUT2D eigenvalue weighted by atomic mass is 10.1. The lowest BCUT2D eigenvalue weighted by Gasteiger charge is -2.19. The van der Waals surface area contributed by atoms with E-state index in [-0.39, 0.29) is 0 Å². The number of hydrogen-bond donors (Lipinski definition) is 1. The average Bonchev–Trinajstić information content (AvgIpc) is 2.34. The lowest BCUT2D eigenvalue weighted by molar-refractivity contribution is 0.402. The van der Waals surface area contributed by atoms with Crippen LogP contribution >= 0.6 is 0 Å². The van der Waals surface area contributed by atoms with Gasteiger partial charge in [-0.25, -0.2) is 0 Å². The van der Waals surface area contributed by atoms with Crippen molar-refractivity contribution in [3.63, 3.8) is 0 Å². The molecule has 0 fully saturated rings. The highest BCUT2D eigenvalue weighted by atomic mass is 15.0. The highest BCUT2D eigenvalue weighted by Crippen LogP contribution is 2.16. The summed E-state index contributed by atoms with van der Waals surface area (Å²) in [5, 5.41) is 3.66. The van der Waals surface area contributed by atoms with Gasteiger partial charge in [0.05, 0.1) is 0 Å². The predicted molar refractivity (Wildman–Crippen MR) is 81.1 cm³/mol. The van der Waals surface area contributed by atoms with Crippen molar-refractivity contribution in [1.29, 1.82) is 0 Å². The van der Waals surface area contributed by atoms with Crippen LogP contribution in [-0.4, -0.2) is 25.0 Å². The van der Waals surface area contributed by atoms with Crippen LogP contribution in [0.4, 0.5) is 5.69 Å².